The molecule has 0 unspecified atom stereocenters. The van der Waals surface area contributed by atoms with E-state index in [0.717, 1.165) is 22.7 Å². The van der Waals surface area contributed by atoms with Crippen LogP contribution < -0.4 is 5.32 Å². The Bertz CT molecular complexity index is 679. The van der Waals surface area contributed by atoms with E-state index in [1.54, 1.807) is 0 Å². The lowest BCUT2D eigenvalue weighted by Gasteiger charge is -2.08. The van der Waals surface area contributed by atoms with Crippen molar-refractivity contribution in [1.29, 1.82) is 0 Å². The van der Waals surface area contributed by atoms with Crippen LogP contribution in [0.15, 0.2) is 48.5 Å². The fraction of sp³-hybridized carbons (Fsp3) is 0.188. The van der Waals surface area contributed by atoms with Crippen LogP contribution in [-0.4, -0.2) is 5.91 Å². The highest BCUT2D eigenvalue weighted by molar-refractivity contribution is 6.30. The number of para-hydroxylation sites is 1. The van der Waals surface area contributed by atoms with Gasteiger partial charge in [0, 0.05) is 16.6 Å². The van der Waals surface area contributed by atoms with Gasteiger partial charge in [-0.15, -0.1) is 0 Å². The molecule has 1 amide bonds. The molecule has 2 aromatic carbocycles. The molecule has 1 N–H and O–H groups in total. The summed E-state index contributed by atoms with van der Waals surface area (Å²) in [5.74, 6) is 0.405. The second kappa shape index (κ2) is 3.61. The highest BCUT2D eigenvalue weighted by atomic mass is 35.5. The zero-order chi connectivity index (χ0) is 13.0. The molecule has 2 nitrogen and oxygen atoms in total. The van der Waals surface area contributed by atoms with Crippen molar-refractivity contribution >= 4 is 23.2 Å². The molecule has 0 radical (unpaired) electrons. The Balaban J connectivity index is 1.78. The molecule has 2 aliphatic rings. The van der Waals surface area contributed by atoms with Crippen molar-refractivity contribution in [3.8, 4) is 0 Å². The van der Waals surface area contributed by atoms with Crippen LogP contribution in [0.2, 0.25) is 5.02 Å². The molecular weight excluding hydrogens is 258 g/mol. The predicted octanol–water partition coefficient (Wildman–Crippen LogP) is 3.72. The van der Waals surface area contributed by atoms with Crippen LogP contribution in [0.3, 0.4) is 0 Å². The predicted molar refractivity (Wildman–Crippen MR) is 75.6 cm³/mol. The van der Waals surface area contributed by atoms with Crippen LogP contribution in [0.5, 0.6) is 0 Å². The molecule has 1 aliphatic carbocycles. The van der Waals surface area contributed by atoms with Gasteiger partial charge < -0.3 is 5.32 Å². The Hall–Kier alpha value is -1.80. The lowest BCUT2D eigenvalue weighted by atomic mass is 9.92. The number of rotatable bonds is 1. The molecule has 1 heterocycles. The van der Waals surface area contributed by atoms with E-state index in [1.807, 2.05) is 42.5 Å². The molecule has 19 heavy (non-hydrogen) atoms. The number of nitrogens with one attached hydrogen (secondary N) is 1. The van der Waals surface area contributed by atoms with E-state index in [4.69, 9.17) is 11.6 Å². The Morgan fingerprint density at radius 3 is 2.63 bits per heavy atom. The normalized spacial score (nSPS) is 27.2. The van der Waals surface area contributed by atoms with E-state index in [9.17, 15) is 4.79 Å². The van der Waals surface area contributed by atoms with Gasteiger partial charge in [0.15, 0.2) is 0 Å². The topological polar surface area (TPSA) is 29.1 Å². The minimum Gasteiger partial charge on any atom is -0.325 e. The summed E-state index contributed by atoms with van der Waals surface area (Å²) in [6, 6.07) is 15.8. The molecule has 1 spiro atoms. The third-order valence-corrected chi connectivity index (χ3v) is 4.55. The second-order valence-electron chi connectivity index (χ2n) is 5.28. The number of hydrogen-bond acceptors (Lipinski definition) is 1. The average Bonchev–Trinajstić information content (AvgIpc) is 3.10. The van der Waals surface area contributed by atoms with E-state index < -0.39 is 0 Å². The first kappa shape index (κ1) is 11.1. The lowest BCUT2D eigenvalue weighted by molar-refractivity contribution is -0.118. The smallest absolute Gasteiger partial charge is 0.235 e. The molecule has 0 bridgehead atoms. The number of hydrogen-bond donors (Lipinski definition) is 1. The summed E-state index contributed by atoms with van der Waals surface area (Å²) in [7, 11) is 0. The average molecular weight is 270 g/mol. The Morgan fingerprint density at radius 1 is 1.11 bits per heavy atom. The van der Waals surface area contributed by atoms with Crippen molar-refractivity contribution < 1.29 is 4.79 Å². The first-order valence-electron chi connectivity index (χ1n) is 6.38. The van der Waals surface area contributed by atoms with Crippen molar-refractivity contribution in [2.45, 2.75) is 17.8 Å². The molecular formula is C16H12ClNO. The zero-order valence-corrected chi connectivity index (χ0v) is 10.9. The van der Waals surface area contributed by atoms with Gasteiger partial charge in [0.2, 0.25) is 5.91 Å². The Labute approximate surface area is 116 Å². The lowest BCUT2D eigenvalue weighted by Crippen LogP contribution is -2.20. The van der Waals surface area contributed by atoms with Crippen molar-refractivity contribution in [2.24, 2.45) is 0 Å². The van der Waals surface area contributed by atoms with Crippen LogP contribution in [0, 0.1) is 0 Å². The number of fused-ring (bicyclic) bond motifs is 2. The third-order valence-electron chi connectivity index (χ3n) is 4.29. The highest BCUT2D eigenvalue weighted by Gasteiger charge is 2.64. The van der Waals surface area contributed by atoms with Gasteiger partial charge in [0.1, 0.15) is 0 Å². The van der Waals surface area contributed by atoms with Gasteiger partial charge in [-0.2, -0.15) is 0 Å². The third kappa shape index (κ3) is 1.41. The molecule has 1 saturated carbocycles. The molecule has 3 heteroatoms. The SMILES string of the molecule is O=C1Nc2ccccc2[C@]12C[C@H]2c1ccc(Cl)cc1. The standard InChI is InChI=1S/C16H12ClNO/c17-11-7-5-10(6-8-11)13-9-16(13)12-3-1-2-4-14(12)18-15(16)19/h1-8,13H,9H2,(H,18,19)/t13-,16-/m0/s1. The quantitative estimate of drug-likeness (QED) is 0.840. The van der Waals surface area contributed by atoms with Gasteiger partial charge in [-0.3, -0.25) is 4.79 Å². The van der Waals surface area contributed by atoms with Crippen molar-refractivity contribution in [1.82, 2.24) is 0 Å². The number of anilines is 1. The van der Waals surface area contributed by atoms with Crippen molar-refractivity contribution in [3.05, 3.63) is 64.7 Å². The number of halogens is 1. The van der Waals surface area contributed by atoms with E-state index in [2.05, 4.69) is 11.4 Å². The first-order chi connectivity index (χ1) is 9.22. The first-order valence-corrected chi connectivity index (χ1v) is 6.76. The van der Waals surface area contributed by atoms with E-state index in [0.29, 0.717) is 0 Å². The summed E-state index contributed by atoms with van der Waals surface area (Å²) in [6.45, 7) is 0. The fourth-order valence-electron chi connectivity index (χ4n) is 3.25. The summed E-state index contributed by atoms with van der Waals surface area (Å²) in [5, 5.41) is 3.73. The van der Waals surface area contributed by atoms with Gasteiger partial charge in [-0.05, 0) is 35.7 Å². The molecule has 0 aromatic heterocycles. The molecule has 4 rings (SSSR count). The van der Waals surface area contributed by atoms with Gasteiger partial charge in [0.25, 0.3) is 0 Å². The van der Waals surface area contributed by atoms with E-state index >= 15 is 0 Å². The molecule has 2 aromatic rings. The minimum absolute atomic E-state index is 0.133. The maximum Gasteiger partial charge on any atom is 0.235 e. The van der Waals surface area contributed by atoms with E-state index in [-0.39, 0.29) is 17.2 Å². The highest BCUT2D eigenvalue weighted by Crippen LogP contribution is 2.64. The van der Waals surface area contributed by atoms with Crippen LogP contribution >= 0.6 is 11.6 Å². The van der Waals surface area contributed by atoms with Gasteiger partial charge >= 0.3 is 0 Å². The van der Waals surface area contributed by atoms with Crippen LogP contribution in [0.25, 0.3) is 0 Å². The molecule has 0 saturated heterocycles. The molecule has 1 aliphatic heterocycles. The monoisotopic (exact) mass is 269 g/mol. The number of carbonyl (C=O) groups is 1. The van der Waals surface area contributed by atoms with Gasteiger partial charge in [-0.1, -0.05) is 41.9 Å². The van der Waals surface area contributed by atoms with Crippen LogP contribution in [0.4, 0.5) is 5.69 Å². The maximum absolute atomic E-state index is 12.3. The van der Waals surface area contributed by atoms with Crippen LogP contribution in [-0.2, 0) is 10.2 Å². The summed E-state index contributed by atoms with van der Waals surface area (Å²) in [5.41, 5.74) is 2.95. The maximum atomic E-state index is 12.3. The minimum atomic E-state index is -0.343. The molecule has 94 valence electrons. The largest absolute Gasteiger partial charge is 0.325 e. The second-order valence-corrected chi connectivity index (χ2v) is 5.72. The van der Waals surface area contributed by atoms with Crippen LogP contribution in [0.1, 0.15) is 23.5 Å². The molecule has 1 fully saturated rings. The number of amides is 1. The number of benzene rings is 2. The number of carbonyl (C=O) groups excluding carboxylic acids is 1. The van der Waals surface area contributed by atoms with Gasteiger partial charge in [0.05, 0.1) is 5.41 Å². The van der Waals surface area contributed by atoms with Crippen molar-refractivity contribution in [2.75, 3.05) is 5.32 Å². The summed E-state index contributed by atoms with van der Waals surface area (Å²) >= 11 is 5.92. The zero-order valence-electron chi connectivity index (χ0n) is 10.2. The summed E-state index contributed by atoms with van der Waals surface area (Å²) in [4.78, 5) is 12.3. The summed E-state index contributed by atoms with van der Waals surface area (Å²) < 4.78 is 0. The molecule has 2 atom stereocenters. The summed E-state index contributed by atoms with van der Waals surface area (Å²) in [6.07, 6.45) is 0.886. The Kier molecular flexibility index (Phi) is 2.10. The van der Waals surface area contributed by atoms with Gasteiger partial charge in [-0.25, -0.2) is 0 Å². The van der Waals surface area contributed by atoms with Crippen molar-refractivity contribution in [3.63, 3.8) is 0 Å². The Morgan fingerprint density at radius 2 is 1.84 bits per heavy atom. The van der Waals surface area contributed by atoms with E-state index in [1.165, 1.54) is 5.56 Å². The fourth-order valence-corrected chi connectivity index (χ4v) is 3.37.